The SMILES string of the molecule is CCNC(=O)NC(=O)COC(=O)CSc1nnc(-c2ccccc2F)n1-c1ccccc1. The van der Waals surface area contributed by atoms with Crippen LogP contribution in [0.15, 0.2) is 59.8 Å². The highest BCUT2D eigenvalue weighted by Gasteiger charge is 2.20. The van der Waals surface area contributed by atoms with Crippen molar-refractivity contribution in [3.63, 3.8) is 0 Å². The van der Waals surface area contributed by atoms with E-state index in [1.165, 1.54) is 6.07 Å². The van der Waals surface area contributed by atoms with Gasteiger partial charge in [0, 0.05) is 12.2 Å². The first-order valence-corrected chi connectivity index (χ1v) is 10.6. The largest absolute Gasteiger partial charge is 0.455 e. The molecule has 0 aliphatic heterocycles. The standard InChI is InChI=1S/C21H20FN5O4S/c1-2-23-20(30)24-17(28)12-31-18(29)13-32-21-26-25-19(15-10-6-7-11-16(15)22)27(21)14-8-4-3-5-9-14/h3-11H,2,12-13H2,1H3,(H2,23,24,28,30). The van der Waals surface area contributed by atoms with Gasteiger partial charge in [-0.15, -0.1) is 10.2 Å². The number of hydrogen-bond donors (Lipinski definition) is 2. The fourth-order valence-electron chi connectivity index (χ4n) is 2.67. The van der Waals surface area contributed by atoms with E-state index in [4.69, 9.17) is 4.74 Å². The Bertz CT molecular complexity index is 1110. The molecule has 2 N–H and O–H groups in total. The van der Waals surface area contributed by atoms with Crippen molar-refractivity contribution < 1.29 is 23.5 Å². The summed E-state index contributed by atoms with van der Waals surface area (Å²) in [6.45, 7) is 1.46. The smallest absolute Gasteiger partial charge is 0.321 e. The van der Waals surface area contributed by atoms with Gasteiger partial charge in [-0.3, -0.25) is 19.5 Å². The number of rotatable bonds is 8. The number of nitrogens with one attached hydrogen (secondary N) is 2. The second-order valence-electron chi connectivity index (χ2n) is 6.31. The molecule has 2 aromatic carbocycles. The molecular weight excluding hydrogens is 437 g/mol. The number of para-hydroxylation sites is 1. The molecular formula is C21H20FN5O4S. The van der Waals surface area contributed by atoms with Crippen LogP contribution >= 0.6 is 11.8 Å². The number of urea groups is 1. The molecule has 9 nitrogen and oxygen atoms in total. The summed E-state index contributed by atoms with van der Waals surface area (Å²) in [4.78, 5) is 35.0. The minimum Gasteiger partial charge on any atom is -0.455 e. The summed E-state index contributed by atoms with van der Waals surface area (Å²) in [5.41, 5.74) is 0.952. The summed E-state index contributed by atoms with van der Waals surface area (Å²) in [6, 6.07) is 14.6. The van der Waals surface area contributed by atoms with E-state index in [1.807, 2.05) is 35.6 Å². The molecule has 0 saturated carbocycles. The number of ether oxygens (including phenoxy) is 1. The second kappa shape index (κ2) is 11.0. The molecule has 3 aromatic rings. The summed E-state index contributed by atoms with van der Waals surface area (Å²) in [5.74, 6) is -1.77. The lowest BCUT2D eigenvalue weighted by molar-refractivity contribution is -0.145. The van der Waals surface area contributed by atoms with E-state index in [0.29, 0.717) is 17.4 Å². The highest BCUT2D eigenvalue weighted by molar-refractivity contribution is 7.99. The Kier molecular flexibility index (Phi) is 7.92. The van der Waals surface area contributed by atoms with Gasteiger partial charge < -0.3 is 10.1 Å². The molecule has 1 heterocycles. The molecule has 0 aliphatic rings. The minimum absolute atomic E-state index is 0.170. The van der Waals surface area contributed by atoms with Gasteiger partial charge in [-0.2, -0.15) is 0 Å². The van der Waals surface area contributed by atoms with Crippen LogP contribution in [-0.2, 0) is 14.3 Å². The van der Waals surface area contributed by atoms with E-state index in [9.17, 15) is 18.8 Å². The molecule has 1 aromatic heterocycles. The van der Waals surface area contributed by atoms with Crippen LogP contribution in [0.2, 0.25) is 0 Å². The third-order valence-electron chi connectivity index (χ3n) is 4.04. The molecule has 0 saturated heterocycles. The number of benzene rings is 2. The van der Waals surface area contributed by atoms with Gasteiger partial charge in [0.2, 0.25) is 0 Å². The number of nitrogens with zero attached hydrogens (tertiary/aromatic N) is 3. The van der Waals surface area contributed by atoms with Gasteiger partial charge >= 0.3 is 12.0 Å². The maximum atomic E-state index is 14.4. The summed E-state index contributed by atoms with van der Waals surface area (Å²) in [6.07, 6.45) is 0. The van der Waals surface area contributed by atoms with Crippen LogP contribution < -0.4 is 10.6 Å². The van der Waals surface area contributed by atoms with Crippen LogP contribution in [0.4, 0.5) is 9.18 Å². The first kappa shape index (κ1) is 22.9. The molecule has 0 atom stereocenters. The van der Waals surface area contributed by atoms with Crippen molar-refractivity contribution in [2.45, 2.75) is 12.1 Å². The van der Waals surface area contributed by atoms with Crippen molar-refractivity contribution in [1.82, 2.24) is 25.4 Å². The molecule has 0 radical (unpaired) electrons. The molecule has 0 aliphatic carbocycles. The lowest BCUT2D eigenvalue weighted by Gasteiger charge is -2.10. The number of carbonyl (C=O) groups excluding carboxylic acids is 3. The quantitative estimate of drug-likeness (QED) is 0.395. The zero-order chi connectivity index (χ0) is 22.9. The zero-order valence-corrected chi connectivity index (χ0v) is 17.9. The molecule has 0 spiro atoms. The highest BCUT2D eigenvalue weighted by atomic mass is 32.2. The van der Waals surface area contributed by atoms with Gasteiger partial charge in [-0.05, 0) is 31.2 Å². The van der Waals surface area contributed by atoms with E-state index in [2.05, 4.69) is 15.5 Å². The third kappa shape index (κ3) is 5.91. The van der Waals surface area contributed by atoms with E-state index in [0.717, 1.165) is 11.8 Å². The Labute approximate surface area is 187 Å². The van der Waals surface area contributed by atoms with Gasteiger partial charge in [-0.25, -0.2) is 9.18 Å². The number of thioether (sulfide) groups is 1. The van der Waals surface area contributed by atoms with E-state index >= 15 is 0 Å². The predicted molar refractivity (Wildman–Crippen MR) is 116 cm³/mol. The van der Waals surface area contributed by atoms with Crippen molar-refractivity contribution in [2.24, 2.45) is 0 Å². The Morgan fingerprint density at radius 1 is 1.06 bits per heavy atom. The van der Waals surface area contributed by atoms with Crippen LogP contribution in [0, 0.1) is 5.82 Å². The monoisotopic (exact) mass is 457 g/mol. The molecule has 166 valence electrons. The first-order valence-electron chi connectivity index (χ1n) is 9.61. The Morgan fingerprint density at radius 3 is 2.50 bits per heavy atom. The normalized spacial score (nSPS) is 10.4. The molecule has 0 fully saturated rings. The van der Waals surface area contributed by atoms with Gasteiger partial charge in [0.25, 0.3) is 5.91 Å². The van der Waals surface area contributed by atoms with Gasteiger partial charge in [0.05, 0.1) is 11.3 Å². The topological polar surface area (TPSA) is 115 Å². The molecule has 11 heteroatoms. The van der Waals surface area contributed by atoms with E-state index in [1.54, 1.807) is 29.7 Å². The maximum Gasteiger partial charge on any atom is 0.321 e. The molecule has 0 unspecified atom stereocenters. The molecule has 32 heavy (non-hydrogen) atoms. The first-order chi connectivity index (χ1) is 15.5. The molecule has 0 bridgehead atoms. The maximum absolute atomic E-state index is 14.4. The van der Waals surface area contributed by atoms with Crippen LogP contribution in [-0.4, -0.2) is 51.6 Å². The fourth-order valence-corrected chi connectivity index (χ4v) is 3.42. The zero-order valence-electron chi connectivity index (χ0n) is 17.1. The van der Waals surface area contributed by atoms with Crippen LogP contribution in [0.1, 0.15) is 6.92 Å². The van der Waals surface area contributed by atoms with Crippen molar-refractivity contribution >= 4 is 29.7 Å². The van der Waals surface area contributed by atoms with Crippen LogP contribution in [0.25, 0.3) is 17.1 Å². The minimum atomic E-state index is -0.747. The Balaban J connectivity index is 1.71. The lowest BCUT2D eigenvalue weighted by Crippen LogP contribution is -2.41. The summed E-state index contributed by atoms with van der Waals surface area (Å²) in [5, 5.41) is 13.0. The number of amides is 3. The van der Waals surface area contributed by atoms with Crippen LogP contribution in [0.3, 0.4) is 0 Å². The van der Waals surface area contributed by atoms with Crippen LogP contribution in [0.5, 0.6) is 0 Å². The lowest BCUT2D eigenvalue weighted by atomic mass is 10.2. The fraction of sp³-hybridized carbons (Fsp3) is 0.190. The van der Waals surface area contributed by atoms with Gasteiger partial charge in [0.15, 0.2) is 17.6 Å². The third-order valence-corrected chi connectivity index (χ3v) is 4.94. The molecule has 3 rings (SSSR count). The van der Waals surface area contributed by atoms with Gasteiger partial charge in [-0.1, -0.05) is 42.1 Å². The number of halogens is 1. The summed E-state index contributed by atoms with van der Waals surface area (Å²) < 4.78 is 20.9. The van der Waals surface area contributed by atoms with Gasteiger partial charge in [0.1, 0.15) is 5.82 Å². The Hall–Kier alpha value is -3.73. The summed E-state index contributed by atoms with van der Waals surface area (Å²) in [7, 11) is 0. The average Bonchev–Trinajstić information content (AvgIpc) is 3.21. The average molecular weight is 457 g/mol. The molecule has 3 amide bonds. The van der Waals surface area contributed by atoms with E-state index < -0.39 is 30.3 Å². The number of aromatic nitrogens is 3. The van der Waals surface area contributed by atoms with Crippen molar-refractivity contribution in [1.29, 1.82) is 0 Å². The van der Waals surface area contributed by atoms with Crippen molar-refractivity contribution in [3.8, 4) is 17.1 Å². The van der Waals surface area contributed by atoms with Crippen molar-refractivity contribution in [2.75, 3.05) is 18.9 Å². The number of imide groups is 1. The highest BCUT2D eigenvalue weighted by Crippen LogP contribution is 2.29. The van der Waals surface area contributed by atoms with E-state index in [-0.39, 0.29) is 17.1 Å². The number of carbonyl (C=O) groups is 3. The Morgan fingerprint density at radius 2 is 1.78 bits per heavy atom. The van der Waals surface area contributed by atoms with Crippen molar-refractivity contribution in [3.05, 3.63) is 60.4 Å². The number of hydrogen-bond acceptors (Lipinski definition) is 7. The second-order valence-corrected chi connectivity index (χ2v) is 7.26. The number of esters is 1. The predicted octanol–water partition coefficient (Wildman–Crippen LogP) is 2.55. The summed E-state index contributed by atoms with van der Waals surface area (Å²) >= 11 is 1.03.